The van der Waals surface area contributed by atoms with Gasteiger partial charge in [0.15, 0.2) is 0 Å². The average Bonchev–Trinajstić information content (AvgIpc) is 3.01. The molecule has 0 aliphatic carbocycles. The van der Waals surface area contributed by atoms with Crippen molar-refractivity contribution >= 4 is 21.6 Å². The lowest BCUT2D eigenvalue weighted by Gasteiger charge is -2.34. The van der Waals surface area contributed by atoms with Crippen molar-refractivity contribution in [1.29, 1.82) is 0 Å². The maximum absolute atomic E-state index is 4.94. The van der Waals surface area contributed by atoms with Crippen LogP contribution in [0.25, 0.3) is 10.2 Å². The first-order valence-electron chi connectivity index (χ1n) is 8.04. The lowest BCUT2D eigenvalue weighted by atomic mass is 10.0. The number of para-hydroxylation sites is 1. The number of hydrogen-bond donors (Lipinski definition) is 1. The minimum Gasteiger partial charge on any atom is -0.314 e. The van der Waals surface area contributed by atoms with Gasteiger partial charge in [0.2, 0.25) is 0 Å². The molecule has 3 aromatic rings. The van der Waals surface area contributed by atoms with Gasteiger partial charge in [-0.1, -0.05) is 12.1 Å². The van der Waals surface area contributed by atoms with Crippen LogP contribution in [0.4, 0.5) is 0 Å². The molecule has 4 nitrogen and oxygen atoms in total. The first kappa shape index (κ1) is 14.8. The van der Waals surface area contributed by atoms with E-state index in [9.17, 15) is 0 Å². The van der Waals surface area contributed by atoms with Crippen LogP contribution in [-0.4, -0.2) is 41.0 Å². The summed E-state index contributed by atoms with van der Waals surface area (Å²) in [7, 11) is 0. The molecule has 1 aromatic carbocycles. The van der Waals surface area contributed by atoms with Crippen molar-refractivity contribution in [3.8, 4) is 0 Å². The molecule has 2 aromatic heterocycles. The second-order valence-electron chi connectivity index (χ2n) is 5.94. The summed E-state index contributed by atoms with van der Waals surface area (Å²) in [6, 6.07) is 10.8. The number of benzene rings is 1. The van der Waals surface area contributed by atoms with Gasteiger partial charge in [0.05, 0.1) is 16.3 Å². The minimum atomic E-state index is 0.220. The normalized spacial score (nSPS) is 17.4. The molecule has 0 saturated carbocycles. The van der Waals surface area contributed by atoms with Gasteiger partial charge in [0.1, 0.15) is 5.01 Å². The number of fused-ring (bicyclic) bond motifs is 1. The van der Waals surface area contributed by atoms with Crippen LogP contribution in [0.2, 0.25) is 0 Å². The van der Waals surface area contributed by atoms with Crippen molar-refractivity contribution in [1.82, 2.24) is 20.2 Å². The molecule has 4 rings (SSSR count). The van der Waals surface area contributed by atoms with Crippen molar-refractivity contribution in [3.63, 3.8) is 0 Å². The van der Waals surface area contributed by atoms with E-state index >= 15 is 0 Å². The van der Waals surface area contributed by atoms with Crippen LogP contribution in [0.3, 0.4) is 0 Å². The van der Waals surface area contributed by atoms with Gasteiger partial charge in [0.25, 0.3) is 0 Å². The molecule has 0 spiro atoms. The Balaban J connectivity index is 1.82. The van der Waals surface area contributed by atoms with Gasteiger partial charge in [0, 0.05) is 38.6 Å². The molecule has 1 saturated heterocycles. The number of piperazine rings is 1. The molecule has 1 unspecified atom stereocenters. The molecule has 0 radical (unpaired) electrons. The lowest BCUT2D eigenvalue weighted by Crippen LogP contribution is -2.45. The van der Waals surface area contributed by atoms with Crippen LogP contribution in [0, 0.1) is 6.92 Å². The topological polar surface area (TPSA) is 41.1 Å². The molecular weight excluding hydrogens is 304 g/mol. The Morgan fingerprint density at radius 3 is 2.78 bits per heavy atom. The van der Waals surface area contributed by atoms with Crippen LogP contribution in [0.5, 0.6) is 0 Å². The predicted molar refractivity (Wildman–Crippen MR) is 94.9 cm³/mol. The highest BCUT2D eigenvalue weighted by molar-refractivity contribution is 7.18. The first-order chi connectivity index (χ1) is 11.3. The van der Waals surface area contributed by atoms with Gasteiger partial charge >= 0.3 is 0 Å². The summed E-state index contributed by atoms with van der Waals surface area (Å²) in [6.07, 6.45) is 3.85. The summed E-state index contributed by atoms with van der Waals surface area (Å²) >= 11 is 1.81. The number of aryl methyl sites for hydroxylation is 1. The molecule has 1 fully saturated rings. The monoisotopic (exact) mass is 324 g/mol. The fraction of sp³-hybridized carbons (Fsp3) is 0.333. The Hall–Kier alpha value is -1.82. The molecule has 0 bridgehead atoms. The van der Waals surface area contributed by atoms with Crippen molar-refractivity contribution in [2.45, 2.75) is 13.0 Å². The third-order valence-corrected chi connectivity index (χ3v) is 5.51. The number of nitrogens with one attached hydrogen (secondary N) is 1. The zero-order valence-electron chi connectivity index (χ0n) is 13.2. The van der Waals surface area contributed by atoms with Gasteiger partial charge < -0.3 is 5.32 Å². The first-order valence-corrected chi connectivity index (χ1v) is 8.85. The molecule has 3 heterocycles. The molecule has 1 N–H and O–H groups in total. The fourth-order valence-electron chi connectivity index (χ4n) is 3.22. The van der Waals surface area contributed by atoms with E-state index in [1.54, 1.807) is 0 Å². The van der Waals surface area contributed by atoms with Crippen LogP contribution < -0.4 is 5.32 Å². The van der Waals surface area contributed by atoms with E-state index in [0.29, 0.717) is 0 Å². The van der Waals surface area contributed by atoms with Crippen LogP contribution in [-0.2, 0) is 0 Å². The SMILES string of the molecule is Cc1cnccc1C(c1nc2ccccc2s1)N1CCNCC1. The zero-order valence-corrected chi connectivity index (χ0v) is 14.0. The molecular formula is C18H20N4S. The largest absolute Gasteiger partial charge is 0.314 e. The summed E-state index contributed by atoms with van der Waals surface area (Å²) < 4.78 is 1.26. The molecule has 1 aliphatic rings. The lowest BCUT2D eigenvalue weighted by molar-refractivity contribution is 0.198. The Morgan fingerprint density at radius 1 is 1.17 bits per heavy atom. The molecule has 1 aliphatic heterocycles. The summed E-state index contributed by atoms with van der Waals surface area (Å²) in [5.41, 5.74) is 3.65. The Kier molecular flexibility index (Phi) is 4.08. The quantitative estimate of drug-likeness (QED) is 0.804. The third-order valence-electron chi connectivity index (χ3n) is 4.42. The number of rotatable bonds is 3. The third kappa shape index (κ3) is 2.87. The Labute approximate surface area is 140 Å². The predicted octanol–water partition coefficient (Wildman–Crippen LogP) is 2.99. The van der Waals surface area contributed by atoms with Gasteiger partial charge in [-0.05, 0) is 36.2 Å². The molecule has 0 amide bonds. The zero-order chi connectivity index (χ0) is 15.6. The van der Waals surface area contributed by atoms with E-state index in [1.807, 2.05) is 23.7 Å². The summed E-state index contributed by atoms with van der Waals surface area (Å²) in [4.78, 5) is 11.7. The number of aromatic nitrogens is 2. The van der Waals surface area contributed by atoms with Crippen molar-refractivity contribution < 1.29 is 0 Å². The van der Waals surface area contributed by atoms with Crippen molar-refractivity contribution in [2.24, 2.45) is 0 Å². The van der Waals surface area contributed by atoms with Crippen LogP contribution in [0.15, 0.2) is 42.7 Å². The van der Waals surface area contributed by atoms with Gasteiger partial charge in [-0.15, -0.1) is 11.3 Å². The summed E-state index contributed by atoms with van der Waals surface area (Å²) in [5, 5.41) is 4.63. The maximum Gasteiger partial charge on any atom is 0.116 e. The second kappa shape index (κ2) is 6.35. The molecule has 5 heteroatoms. The number of thiazole rings is 1. The van der Waals surface area contributed by atoms with E-state index in [1.165, 1.54) is 20.8 Å². The Bertz CT molecular complexity index is 774. The van der Waals surface area contributed by atoms with E-state index in [4.69, 9.17) is 4.98 Å². The number of nitrogens with zero attached hydrogens (tertiary/aromatic N) is 3. The maximum atomic E-state index is 4.94. The van der Waals surface area contributed by atoms with Crippen molar-refractivity contribution in [2.75, 3.05) is 26.2 Å². The van der Waals surface area contributed by atoms with E-state index in [2.05, 4.69) is 52.5 Å². The second-order valence-corrected chi connectivity index (χ2v) is 7.00. The summed E-state index contributed by atoms with van der Waals surface area (Å²) in [6.45, 7) is 6.30. The van der Waals surface area contributed by atoms with Gasteiger partial charge in [-0.3, -0.25) is 9.88 Å². The Morgan fingerprint density at radius 2 is 2.00 bits per heavy atom. The minimum absolute atomic E-state index is 0.220. The van der Waals surface area contributed by atoms with Gasteiger partial charge in [-0.25, -0.2) is 4.98 Å². The van der Waals surface area contributed by atoms with E-state index in [0.717, 1.165) is 31.7 Å². The highest BCUT2D eigenvalue weighted by Gasteiger charge is 2.27. The van der Waals surface area contributed by atoms with Crippen molar-refractivity contribution in [3.05, 3.63) is 58.9 Å². The number of hydrogen-bond acceptors (Lipinski definition) is 5. The van der Waals surface area contributed by atoms with Crippen LogP contribution in [0.1, 0.15) is 22.2 Å². The highest BCUT2D eigenvalue weighted by Crippen LogP contribution is 2.35. The fourth-order valence-corrected chi connectivity index (χ4v) is 4.35. The van der Waals surface area contributed by atoms with Crippen LogP contribution >= 0.6 is 11.3 Å². The van der Waals surface area contributed by atoms with E-state index < -0.39 is 0 Å². The molecule has 23 heavy (non-hydrogen) atoms. The number of pyridine rings is 1. The van der Waals surface area contributed by atoms with E-state index in [-0.39, 0.29) is 6.04 Å². The standard InChI is InChI=1S/C18H20N4S/c1-13-12-20-7-6-14(13)17(22-10-8-19-9-11-22)18-21-15-4-2-3-5-16(15)23-18/h2-7,12,17,19H,8-11H2,1H3. The smallest absolute Gasteiger partial charge is 0.116 e. The average molecular weight is 324 g/mol. The van der Waals surface area contributed by atoms with Gasteiger partial charge in [-0.2, -0.15) is 0 Å². The summed E-state index contributed by atoms with van der Waals surface area (Å²) in [5.74, 6) is 0. The molecule has 118 valence electrons. The highest BCUT2D eigenvalue weighted by atomic mass is 32.1. The molecule has 1 atom stereocenters.